The van der Waals surface area contributed by atoms with Crippen molar-refractivity contribution in [1.82, 2.24) is 4.90 Å². The van der Waals surface area contributed by atoms with Crippen LogP contribution in [-0.2, 0) is 4.79 Å². The van der Waals surface area contributed by atoms with Crippen molar-refractivity contribution < 1.29 is 9.59 Å². The summed E-state index contributed by atoms with van der Waals surface area (Å²) in [6.07, 6.45) is 4.47. The maximum atomic E-state index is 12.4. The highest BCUT2D eigenvalue weighted by Crippen LogP contribution is 2.28. The fourth-order valence-corrected chi connectivity index (χ4v) is 2.93. The molecule has 1 fully saturated rings. The number of halogens is 2. The Labute approximate surface area is 148 Å². The normalized spacial score (nSPS) is 16.2. The maximum absolute atomic E-state index is 12.4. The van der Waals surface area contributed by atoms with E-state index in [2.05, 4.69) is 5.32 Å². The van der Waals surface area contributed by atoms with Gasteiger partial charge in [-0.05, 0) is 31.0 Å². The predicted octanol–water partition coefficient (Wildman–Crippen LogP) is 3.06. The second-order valence-electron chi connectivity index (χ2n) is 6.07. The summed E-state index contributed by atoms with van der Waals surface area (Å²) in [6, 6.07) is 4.87. The van der Waals surface area contributed by atoms with Gasteiger partial charge in [0.25, 0.3) is 5.91 Å². The number of carbonyl (C=O) groups excluding carboxylic acids is 2. The Kier molecular flexibility index (Phi) is 6.86. The van der Waals surface area contributed by atoms with Crippen LogP contribution in [0.2, 0.25) is 5.02 Å². The van der Waals surface area contributed by atoms with Gasteiger partial charge in [-0.15, -0.1) is 12.4 Å². The summed E-state index contributed by atoms with van der Waals surface area (Å²) in [5, 5.41) is 3.13. The number of carbonyl (C=O) groups is 2. The number of nitrogens with zero attached hydrogens (tertiary/aromatic N) is 1. The zero-order chi connectivity index (χ0) is 16.3. The van der Waals surface area contributed by atoms with E-state index >= 15 is 0 Å². The first-order valence-electron chi connectivity index (χ1n) is 7.45. The first kappa shape index (κ1) is 19.7. The van der Waals surface area contributed by atoms with Gasteiger partial charge < -0.3 is 16.0 Å². The molecule has 0 radical (unpaired) electrons. The number of rotatable bonds is 3. The summed E-state index contributed by atoms with van der Waals surface area (Å²) in [6.45, 7) is 0. The molecule has 1 aliphatic carbocycles. The number of benzene rings is 1. The smallest absolute Gasteiger partial charge is 0.254 e. The number of amides is 2. The van der Waals surface area contributed by atoms with Gasteiger partial charge in [0.1, 0.15) is 0 Å². The Balaban J connectivity index is 0.00000264. The third kappa shape index (κ3) is 4.59. The zero-order valence-corrected chi connectivity index (χ0v) is 15.0. The Hall–Kier alpha value is -1.30. The molecule has 23 heavy (non-hydrogen) atoms. The van der Waals surface area contributed by atoms with Crippen LogP contribution in [-0.4, -0.2) is 36.3 Å². The van der Waals surface area contributed by atoms with Gasteiger partial charge in [-0.3, -0.25) is 9.59 Å². The van der Waals surface area contributed by atoms with Gasteiger partial charge >= 0.3 is 0 Å². The van der Waals surface area contributed by atoms with E-state index in [9.17, 15) is 9.59 Å². The summed E-state index contributed by atoms with van der Waals surface area (Å²) >= 11 is 6.14. The van der Waals surface area contributed by atoms with E-state index in [4.69, 9.17) is 17.3 Å². The lowest BCUT2D eigenvalue weighted by Gasteiger charge is -2.31. The third-order valence-corrected chi connectivity index (χ3v) is 4.37. The van der Waals surface area contributed by atoms with Crippen LogP contribution in [0.15, 0.2) is 18.2 Å². The SMILES string of the molecule is CN(C)C(=O)c1ccc(NC(=O)C2(N)CCCCC2)cc1Cl.Cl. The molecule has 0 spiro atoms. The molecule has 0 aliphatic heterocycles. The van der Waals surface area contributed by atoms with Crippen LogP contribution in [0.3, 0.4) is 0 Å². The summed E-state index contributed by atoms with van der Waals surface area (Å²) < 4.78 is 0. The molecule has 2 amide bonds. The molecule has 0 unspecified atom stereocenters. The molecular weight excluding hydrogens is 337 g/mol. The average Bonchev–Trinajstić information content (AvgIpc) is 2.47. The summed E-state index contributed by atoms with van der Waals surface area (Å²) in [5.74, 6) is -0.361. The van der Waals surface area contributed by atoms with Gasteiger partial charge in [0, 0.05) is 19.8 Å². The molecule has 5 nitrogen and oxygen atoms in total. The van der Waals surface area contributed by atoms with E-state index in [-0.39, 0.29) is 24.2 Å². The van der Waals surface area contributed by atoms with Crippen molar-refractivity contribution in [2.75, 3.05) is 19.4 Å². The van der Waals surface area contributed by atoms with Crippen molar-refractivity contribution in [1.29, 1.82) is 0 Å². The van der Waals surface area contributed by atoms with Crippen LogP contribution in [0, 0.1) is 0 Å². The van der Waals surface area contributed by atoms with Crippen LogP contribution in [0.1, 0.15) is 42.5 Å². The van der Waals surface area contributed by atoms with E-state index < -0.39 is 5.54 Å². The Morgan fingerprint density at radius 2 is 1.83 bits per heavy atom. The Morgan fingerprint density at radius 3 is 2.35 bits per heavy atom. The average molecular weight is 360 g/mol. The van der Waals surface area contributed by atoms with E-state index in [1.54, 1.807) is 32.3 Å². The number of hydrogen-bond acceptors (Lipinski definition) is 3. The van der Waals surface area contributed by atoms with Crippen molar-refractivity contribution in [3.8, 4) is 0 Å². The van der Waals surface area contributed by atoms with Gasteiger partial charge in [-0.2, -0.15) is 0 Å². The van der Waals surface area contributed by atoms with Crippen molar-refractivity contribution in [2.24, 2.45) is 5.73 Å². The number of nitrogens with two attached hydrogens (primary N) is 1. The number of nitrogens with one attached hydrogen (secondary N) is 1. The molecule has 2 rings (SSSR count). The number of anilines is 1. The summed E-state index contributed by atoms with van der Waals surface area (Å²) in [7, 11) is 3.32. The molecule has 0 aromatic heterocycles. The molecule has 0 bridgehead atoms. The molecule has 0 heterocycles. The first-order chi connectivity index (χ1) is 10.3. The second-order valence-corrected chi connectivity index (χ2v) is 6.47. The van der Waals surface area contributed by atoms with Crippen molar-refractivity contribution >= 4 is 41.5 Å². The monoisotopic (exact) mass is 359 g/mol. The first-order valence-corrected chi connectivity index (χ1v) is 7.83. The van der Waals surface area contributed by atoms with Gasteiger partial charge in [0.05, 0.1) is 16.1 Å². The lowest BCUT2D eigenvalue weighted by Crippen LogP contribution is -2.52. The van der Waals surface area contributed by atoms with Crippen molar-refractivity contribution in [3.05, 3.63) is 28.8 Å². The van der Waals surface area contributed by atoms with Gasteiger partial charge in [0.15, 0.2) is 0 Å². The molecule has 7 heteroatoms. The minimum Gasteiger partial charge on any atom is -0.345 e. The molecule has 1 saturated carbocycles. The van der Waals surface area contributed by atoms with Gasteiger partial charge in [-0.1, -0.05) is 30.9 Å². The molecule has 0 atom stereocenters. The van der Waals surface area contributed by atoms with Crippen LogP contribution in [0.4, 0.5) is 5.69 Å². The predicted molar refractivity (Wildman–Crippen MR) is 95.4 cm³/mol. The lowest BCUT2D eigenvalue weighted by molar-refractivity contribution is -0.122. The molecule has 0 saturated heterocycles. The molecular formula is C16H23Cl2N3O2. The molecule has 1 aliphatic rings. The van der Waals surface area contributed by atoms with Crippen molar-refractivity contribution in [3.63, 3.8) is 0 Å². The molecule has 1 aromatic rings. The van der Waals surface area contributed by atoms with Crippen LogP contribution >= 0.6 is 24.0 Å². The van der Waals surface area contributed by atoms with Crippen LogP contribution in [0.5, 0.6) is 0 Å². The minimum atomic E-state index is -0.803. The Morgan fingerprint density at radius 1 is 1.22 bits per heavy atom. The fraction of sp³-hybridized carbons (Fsp3) is 0.500. The standard InChI is InChI=1S/C16H22ClN3O2.ClH/c1-20(2)14(21)12-7-6-11(10-13(12)17)19-15(22)16(18)8-4-3-5-9-16;/h6-7,10H,3-5,8-9,18H2,1-2H3,(H,19,22);1H. The van der Waals surface area contributed by atoms with E-state index in [1.807, 2.05) is 0 Å². The molecule has 128 valence electrons. The van der Waals surface area contributed by atoms with Gasteiger partial charge in [-0.25, -0.2) is 0 Å². The summed E-state index contributed by atoms with van der Waals surface area (Å²) in [4.78, 5) is 25.8. The maximum Gasteiger partial charge on any atom is 0.254 e. The Bertz CT molecular complexity index is 585. The van der Waals surface area contributed by atoms with Gasteiger partial charge in [0.2, 0.25) is 5.91 Å². The van der Waals surface area contributed by atoms with E-state index in [0.717, 1.165) is 19.3 Å². The lowest BCUT2D eigenvalue weighted by atomic mass is 9.82. The minimum absolute atomic E-state index is 0. The number of hydrogen-bond donors (Lipinski definition) is 2. The highest BCUT2D eigenvalue weighted by molar-refractivity contribution is 6.34. The second kappa shape index (κ2) is 7.99. The topological polar surface area (TPSA) is 75.4 Å². The fourth-order valence-electron chi connectivity index (χ4n) is 2.67. The van der Waals surface area contributed by atoms with Crippen LogP contribution in [0.25, 0.3) is 0 Å². The molecule has 3 N–H and O–H groups in total. The van der Waals surface area contributed by atoms with Crippen molar-refractivity contribution in [2.45, 2.75) is 37.6 Å². The third-order valence-electron chi connectivity index (χ3n) is 4.06. The van der Waals surface area contributed by atoms with E-state index in [1.165, 1.54) is 4.90 Å². The van der Waals surface area contributed by atoms with E-state index in [0.29, 0.717) is 29.1 Å². The zero-order valence-electron chi connectivity index (χ0n) is 13.4. The summed E-state index contributed by atoms with van der Waals surface area (Å²) in [5.41, 5.74) is 6.36. The largest absolute Gasteiger partial charge is 0.345 e. The van der Waals surface area contributed by atoms with Crippen LogP contribution < -0.4 is 11.1 Å². The quantitative estimate of drug-likeness (QED) is 0.870. The highest BCUT2D eigenvalue weighted by Gasteiger charge is 2.35. The highest BCUT2D eigenvalue weighted by atomic mass is 35.5. The molecule has 1 aromatic carbocycles.